The van der Waals surface area contributed by atoms with Crippen LogP contribution in [0.1, 0.15) is 48.9 Å². The van der Waals surface area contributed by atoms with Gasteiger partial charge in [0.1, 0.15) is 7.05 Å². The summed E-state index contributed by atoms with van der Waals surface area (Å²) in [6.07, 6.45) is 9.73. The number of rotatable bonds is 2. The summed E-state index contributed by atoms with van der Waals surface area (Å²) in [5.74, 6) is 0. The second-order valence-electron chi connectivity index (χ2n) is 8.80. The largest absolute Gasteiger partial charge is 1.00 e. The van der Waals surface area contributed by atoms with E-state index in [0.717, 1.165) is 0 Å². The van der Waals surface area contributed by atoms with Gasteiger partial charge in [0.2, 0.25) is 5.69 Å². The Morgan fingerprint density at radius 2 is 1.61 bits per heavy atom. The first kappa shape index (κ1) is 19.7. The predicted octanol–water partition coefficient (Wildman–Crippen LogP) is 2.11. The molecule has 3 heteroatoms. The second kappa shape index (κ2) is 7.33. The third kappa shape index (κ3) is 3.02. The molecule has 28 heavy (non-hydrogen) atoms. The van der Waals surface area contributed by atoms with Crippen LogP contribution in [-0.4, -0.2) is 30.4 Å². The molecule has 0 bridgehead atoms. The normalized spacial score (nSPS) is 19.5. The van der Waals surface area contributed by atoms with Crippen molar-refractivity contribution in [2.45, 2.75) is 44.9 Å². The van der Waals surface area contributed by atoms with Crippen LogP contribution >= 0.6 is 0 Å². The molecule has 0 aliphatic carbocycles. The minimum atomic E-state index is 0. The van der Waals surface area contributed by atoms with Gasteiger partial charge in [-0.15, -0.1) is 0 Å². The fourth-order valence-electron chi connectivity index (χ4n) is 5.40. The molecule has 2 nitrogen and oxygen atoms in total. The molecule has 146 valence electrons. The number of benzene rings is 2. The fourth-order valence-corrected chi connectivity index (χ4v) is 5.40. The topological polar surface area (TPSA) is 6.25 Å². The SMILES string of the molecule is C[N+]1=C(/C=C/c2cc3c4c(c2)CCCN4CCC3)C(C)(C)c2ccccc21.[I-]. The predicted molar refractivity (Wildman–Crippen MR) is 115 cm³/mol. The maximum atomic E-state index is 2.62. The van der Waals surface area contributed by atoms with Gasteiger partial charge in [0.25, 0.3) is 0 Å². The Balaban J connectivity index is 0.00000192. The van der Waals surface area contributed by atoms with Gasteiger partial charge in [-0.25, -0.2) is 0 Å². The van der Waals surface area contributed by atoms with E-state index in [1.165, 1.54) is 61.3 Å². The van der Waals surface area contributed by atoms with Gasteiger partial charge >= 0.3 is 0 Å². The van der Waals surface area contributed by atoms with Gasteiger partial charge in [-0.3, -0.25) is 0 Å². The highest BCUT2D eigenvalue weighted by Crippen LogP contribution is 2.40. The molecular weight excluding hydrogens is 455 g/mol. The van der Waals surface area contributed by atoms with Crippen LogP contribution in [0.15, 0.2) is 42.5 Å². The van der Waals surface area contributed by atoms with Crippen LogP contribution in [0, 0.1) is 0 Å². The molecule has 0 N–H and O–H groups in total. The van der Waals surface area contributed by atoms with E-state index in [9.17, 15) is 0 Å². The van der Waals surface area contributed by atoms with Crippen LogP contribution in [-0.2, 0) is 18.3 Å². The minimum Gasteiger partial charge on any atom is -1.00 e. The lowest BCUT2D eigenvalue weighted by atomic mass is 9.81. The van der Waals surface area contributed by atoms with E-state index >= 15 is 0 Å². The van der Waals surface area contributed by atoms with Crippen molar-refractivity contribution in [1.82, 2.24) is 0 Å². The molecule has 3 aliphatic heterocycles. The first-order valence-electron chi connectivity index (χ1n) is 10.4. The Morgan fingerprint density at radius 3 is 2.25 bits per heavy atom. The van der Waals surface area contributed by atoms with E-state index in [1.807, 2.05) is 0 Å². The zero-order valence-electron chi connectivity index (χ0n) is 17.1. The van der Waals surface area contributed by atoms with E-state index in [2.05, 4.69) is 78.9 Å². The standard InChI is InChI=1S/C25H29N2.HI/c1-25(2)21-10-4-5-11-22(21)26(3)23(25)13-12-18-16-19-8-6-14-27-15-7-9-20(17-18)24(19)27;/h4-5,10-13,16-17H,6-9,14-15H2,1-3H3;1H/q+1;/p-1. The third-order valence-electron chi connectivity index (χ3n) is 6.73. The summed E-state index contributed by atoms with van der Waals surface area (Å²) in [6, 6.07) is 13.7. The van der Waals surface area contributed by atoms with E-state index in [4.69, 9.17) is 0 Å². The maximum absolute atomic E-state index is 2.62. The first-order valence-corrected chi connectivity index (χ1v) is 10.4. The van der Waals surface area contributed by atoms with Gasteiger partial charge in [-0.1, -0.05) is 18.2 Å². The quantitative estimate of drug-likeness (QED) is 0.468. The number of fused-ring (bicyclic) bond motifs is 1. The molecule has 0 saturated carbocycles. The Hall–Kier alpha value is -1.62. The van der Waals surface area contributed by atoms with Crippen molar-refractivity contribution >= 4 is 23.2 Å². The number of hydrogen-bond acceptors (Lipinski definition) is 1. The lowest BCUT2D eigenvalue weighted by Gasteiger charge is -2.37. The van der Waals surface area contributed by atoms with Crippen molar-refractivity contribution in [3.8, 4) is 0 Å². The number of aryl methyl sites for hydroxylation is 2. The number of allylic oxidation sites excluding steroid dienone is 1. The molecule has 0 fully saturated rings. The molecule has 0 saturated heterocycles. The van der Waals surface area contributed by atoms with Gasteiger partial charge in [-0.2, -0.15) is 4.58 Å². The third-order valence-corrected chi connectivity index (χ3v) is 6.73. The van der Waals surface area contributed by atoms with Crippen molar-refractivity contribution in [3.05, 3.63) is 64.7 Å². The van der Waals surface area contributed by atoms with Gasteiger partial charge in [0, 0.05) is 36.5 Å². The zero-order valence-corrected chi connectivity index (χ0v) is 19.3. The summed E-state index contributed by atoms with van der Waals surface area (Å²) in [4.78, 5) is 2.62. The number of nitrogens with zero attached hydrogens (tertiary/aromatic N) is 2. The van der Waals surface area contributed by atoms with E-state index in [0.29, 0.717) is 0 Å². The molecule has 3 aliphatic rings. The minimum absolute atomic E-state index is 0. The molecule has 2 aromatic carbocycles. The maximum Gasteiger partial charge on any atom is 0.209 e. The van der Waals surface area contributed by atoms with Crippen LogP contribution in [0.25, 0.3) is 6.08 Å². The van der Waals surface area contributed by atoms with Crippen molar-refractivity contribution in [2.24, 2.45) is 0 Å². The molecule has 3 heterocycles. The molecular formula is C25H29IN2. The van der Waals surface area contributed by atoms with E-state index < -0.39 is 0 Å². The molecule has 0 aromatic heterocycles. The molecule has 0 atom stereocenters. The van der Waals surface area contributed by atoms with Gasteiger partial charge in [-0.05, 0) is 74.4 Å². The fraction of sp³-hybridized carbons (Fsp3) is 0.400. The highest BCUT2D eigenvalue weighted by Gasteiger charge is 2.42. The van der Waals surface area contributed by atoms with Gasteiger partial charge in [0.15, 0.2) is 5.71 Å². The highest BCUT2D eigenvalue weighted by molar-refractivity contribution is 6.05. The Morgan fingerprint density at radius 1 is 0.964 bits per heavy atom. The number of halogens is 1. The van der Waals surface area contributed by atoms with Crippen LogP contribution < -0.4 is 28.9 Å². The molecule has 0 spiro atoms. The van der Waals surface area contributed by atoms with Crippen molar-refractivity contribution in [3.63, 3.8) is 0 Å². The lowest BCUT2D eigenvalue weighted by Crippen LogP contribution is -3.00. The first-order chi connectivity index (χ1) is 13.1. The van der Waals surface area contributed by atoms with E-state index in [-0.39, 0.29) is 29.4 Å². The Kier molecular flexibility index (Phi) is 5.15. The Labute approximate surface area is 186 Å². The van der Waals surface area contributed by atoms with Crippen LogP contribution in [0.4, 0.5) is 11.4 Å². The average molecular weight is 484 g/mol. The molecule has 2 aromatic rings. The van der Waals surface area contributed by atoms with Crippen LogP contribution in [0.5, 0.6) is 0 Å². The van der Waals surface area contributed by atoms with Gasteiger partial charge in [0.05, 0.1) is 5.41 Å². The molecule has 0 unspecified atom stereocenters. The number of para-hydroxylation sites is 1. The summed E-state index contributed by atoms with van der Waals surface area (Å²) >= 11 is 0. The van der Waals surface area contributed by atoms with Crippen LogP contribution in [0.3, 0.4) is 0 Å². The van der Waals surface area contributed by atoms with Crippen molar-refractivity contribution in [1.29, 1.82) is 0 Å². The lowest BCUT2D eigenvalue weighted by molar-refractivity contribution is -0.401. The summed E-state index contributed by atoms with van der Waals surface area (Å²) in [6.45, 7) is 7.15. The van der Waals surface area contributed by atoms with Crippen LogP contribution in [0.2, 0.25) is 0 Å². The highest BCUT2D eigenvalue weighted by atomic mass is 127. The summed E-state index contributed by atoms with van der Waals surface area (Å²) in [5.41, 5.74) is 10.2. The number of anilines is 1. The smallest absolute Gasteiger partial charge is 0.209 e. The van der Waals surface area contributed by atoms with Crippen molar-refractivity contribution in [2.75, 3.05) is 25.0 Å². The van der Waals surface area contributed by atoms with Gasteiger partial charge < -0.3 is 28.9 Å². The Bertz CT molecular complexity index is 953. The zero-order chi connectivity index (χ0) is 18.6. The molecule has 0 amide bonds. The summed E-state index contributed by atoms with van der Waals surface area (Å²) in [7, 11) is 2.20. The van der Waals surface area contributed by atoms with Crippen molar-refractivity contribution < 1.29 is 28.6 Å². The average Bonchev–Trinajstić information content (AvgIpc) is 2.87. The number of hydrogen-bond donors (Lipinski definition) is 0. The van der Waals surface area contributed by atoms with E-state index in [1.54, 1.807) is 16.8 Å². The molecule has 0 radical (unpaired) electrons. The second-order valence-corrected chi connectivity index (χ2v) is 8.80. The summed E-state index contributed by atoms with van der Waals surface area (Å²) < 4.78 is 2.36. The monoisotopic (exact) mass is 484 g/mol. The summed E-state index contributed by atoms with van der Waals surface area (Å²) in [5, 5.41) is 0. The molecule has 5 rings (SSSR count).